The zero-order chi connectivity index (χ0) is 16.4. The Hall–Kier alpha value is -2.01. The summed E-state index contributed by atoms with van der Waals surface area (Å²) < 4.78 is 5.50. The number of piperidine rings is 1. The molecule has 1 aliphatic heterocycles. The van der Waals surface area contributed by atoms with Crippen LogP contribution in [0.3, 0.4) is 0 Å². The first kappa shape index (κ1) is 15.9. The standard InChI is InChI=1S/C18H24N2O3/c1-3-23-15-5-4-14-10-17(19-16(14)11-15)18(22)20-8-6-13(7-9-20)12(2)21/h4-5,10-13,19,21H,3,6-9H2,1-2H3. The molecule has 1 aromatic carbocycles. The Bertz CT molecular complexity index is 685. The molecule has 1 aromatic heterocycles. The van der Waals surface area contributed by atoms with Gasteiger partial charge in [0, 0.05) is 30.1 Å². The number of nitrogens with zero attached hydrogens (tertiary/aromatic N) is 1. The summed E-state index contributed by atoms with van der Waals surface area (Å²) in [5, 5.41) is 10.7. The van der Waals surface area contributed by atoms with Gasteiger partial charge in [0.15, 0.2) is 0 Å². The summed E-state index contributed by atoms with van der Waals surface area (Å²) in [6, 6.07) is 7.71. The van der Waals surface area contributed by atoms with E-state index in [0.717, 1.165) is 29.5 Å². The third-order valence-corrected chi connectivity index (χ3v) is 4.64. The van der Waals surface area contributed by atoms with Gasteiger partial charge >= 0.3 is 0 Å². The van der Waals surface area contributed by atoms with E-state index in [4.69, 9.17) is 4.74 Å². The van der Waals surface area contributed by atoms with E-state index >= 15 is 0 Å². The summed E-state index contributed by atoms with van der Waals surface area (Å²) in [7, 11) is 0. The maximum atomic E-state index is 12.7. The van der Waals surface area contributed by atoms with E-state index in [-0.39, 0.29) is 12.0 Å². The summed E-state index contributed by atoms with van der Waals surface area (Å²) in [4.78, 5) is 17.7. The second-order valence-corrected chi connectivity index (χ2v) is 6.24. The number of nitrogens with one attached hydrogen (secondary N) is 1. The molecule has 5 heteroatoms. The molecule has 1 saturated heterocycles. The van der Waals surface area contributed by atoms with Crippen molar-refractivity contribution in [3.8, 4) is 5.75 Å². The van der Waals surface area contributed by atoms with Crippen molar-refractivity contribution in [2.75, 3.05) is 19.7 Å². The van der Waals surface area contributed by atoms with E-state index in [1.54, 1.807) is 0 Å². The zero-order valence-electron chi connectivity index (χ0n) is 13.7. The van der Waals surface area contributed by atoms with Crippen molar-refractivity contribution in [2.45, 2.75) is 32.8 Å². The number of benzene rings is 1. The lowest BCUT2D eigenvalue weighted by Gasteiger charge is -2.33. The number of hydrogen-bond acceptors (Lipinski definition) is 3. The van der Waals surface area contributed by atoms with Crippen molar-refractivity contribution >= 4 is 16.8 Å². The number of rotatable bonds is 4. The van der Waals surface area contributed by atoms with E-state index in [1.807, 2.05) is 43.0 Å². The highest BCUT2D eigenvalue weighted by Crippen LogP contribution is 2.25. The smallest absolute Gasteiger partial charge is 0.270 e. The number of aromatic amines is 1. The summed E-state index contributed by atoms with van der Waals surface area (Å²) in [5.74, 6) is 1.14. The maximum Gasteiger partial charge on any atom is 0.270 e. The Labute approximate surface area is 136 Å². The predicted octanol–water partition coefficient (Wildman–Crippen LogP) is 2.80. The molecule has 124 valence electrons. The van der Waals surface area contributed by atoms with Gasteiger partial charge in [-0.05, 0) is 50.8 Å². The van der Waals surface area contributed by atoms with Crippen LogP contribution in [0.5, 0.6) is 5.75 Å². The van der Waals surface area contributed by atoms with Crippen LogP contribution in [0, 0.1) is 5.92 Å². The lowest BCUT2D eigenvalue weighted by molar-refractivity contribution is 0.0518. The van der Waals surface area contributed by atoms with E-state index in [1.165, 1.54) is 0 Å². The predicted molar refractivity (Wildman–Crippen MR) is 89.8 cm³/mol. The fraction of sp³-hybridized carbons (Fsp3) is 0.500. The first-order valence-corrected chi connectivity index (χ1v) is 8.31. The molecule has 0 saturated carbocycles. The lowest BCUT2D eigenvalue weighted by Crippen LogP contribution is -2.40. The molecule has 23 heavy (non-hydrogen) atoms. The number of ether oxygens (including phenoxy) is 1. The van der Waals surface area contributed by atoms with Gasteiger partial charge < -0.3 is 19.7 Å². The number of hydrogen-bond donors (Lipinski definition) is 2. The van der Waals surface area contributed by atoms with Crippen LogP contribution in [-0.4, -0.2) is 46.7 Å². The number of carbonyl (C=O) groups excluding carboxylic acids is 1. The highest BCUT2D eigenvalue weighted by molar-refractivity contribution is 5.98. The van der Waals surface area contributed by atoms with E-state index in [9.17, 15) is 9.90 Å². The SMILES string of the molecule is CCOc1ccc2cc(C(=O)N3CCC(C(C)O)CC3)[nH]c2c1. The van der Waals surface area contributed by atoms with Crippen LogP contribution in [-0.2, 0) is 0 Å². The van der Waals surface area contributed by atoms with Crippen LogP contribution < -0.4 is 4.74 Å². The number of H-pyrrole nitrogens is 1. The fourth-order valence-corrected chi connectivity index (χ4v) is 3.23. The van der Waals surface area contributed by atoms with Crippen LogP contribution in [0.2, 0.25) is 0 Å². The van der Waals surface area contributed by atoms with Gasteiger partial charge in [-0.3, -0.25) is 4.79 Å². The van der Waals surface area contributed by atoms with Crippen LogP contribution in [0.15, 0.2) is 24.3 Å². The van der Waals surface area contributed by atoms with Gasteiger partial charge in [0.05, 0.1) is 12.7 Å². The average Bonchev–Trinajstić information content (AvgIpc) is 2.98. The van der Waals surface area contributed by atoms with Crippen molar-refractivity contribution in [1.82, 2.24) is 9.88 Å². The number of aliphatic hydroxyl groups is 1. The van der Waals surface area contributed by atoms with Crippen molar-refractivity contribution in [1.29, 1.82) is 0 Å². The van der Waals surface area contributed by atoms with Gasteiger partial charge in [-0.1, -0.05) is 0 Å². The third kappa shape index (κ3) is 3.34. The molecule has 3 rings (SSSR count). The molecule has 0 radical (unpaired) electrons. The van der Waals surface area contributed by atoms with E-state index in [0.29, 0.717) is 31.3 Å². The summed E-state index contributed by atoms with van der Waals surface area (Å²) in [5.41, 5.74) is 1.53. The second-order valence-electron chi connectivity index (χ2n) is 6.24. The minimum absolute atomic E-state index is 0.0307. The number of carbonyl (C=O) groups is 1. The highest BCUT2D eigenvalue weighted by atomic mass is 16.5. The normalized spacial score (nSPS) is 17.4. The fourth-order valence-electron chi connectivity index (χ4n) is 3.23. The zero-order valence-corrected chi connectivity index (χ0v) is 13.7. The largest absolute Gasteiger partial charge is 0.494 e. The molecule has 1 atom stereocenters. The average molecular weight is 316 g/mol. The molecular weight excluding hydrogens is 292 g/mol. The Morgan fingerprint density at radius 3 is 2.78 bits per heavy atom. The van der Waals surface area contributed by atoms with Gasteiger partial charge in [-0.25, -0.2) is 0 Å². The number of aliphatic hydroxyl groups excluding tert-OH is 1. The van der Waals surface area contributed by atoms with Crippen LogP contribution >= 0.6 is 0 Å². The Balaban J connectivity index is 1.74. The van der Waals surface area contributed by atoms with Crippen LogP contribution in [0.4, 0.5) is 0 Å². The molecule has 2 heterocycles. The van der Waals surface area contributed by atoms with Gasteiger partial charge in [0.2, 0.25) is 0 Å². The number of likely N-dealkylation sites (tertiary alicyclic amines) is 1. The van der Waals surface area contributed by atoms with Crippen molar-refractivity contribution < 1.29 is 14.6 Å². The molecule has 0 aliphatic carbocycles. The quantitative estimate of drug-likeness (QED) is 0.911. The number of aromatic nitrogens is 1. The Morgan fingerprint density at radius 1 is 1.39 bits per heavy atom. The first-order valence-electron chi connectivity index (χ1n) is 8.31. The molecule has 5 nitrogen and oxygen atoms in total. The second kappa shape index (κ2) is 6.62. The molecule has 1 amide bonds. The minimum atomic E-state index is -0.294. The molecule has 0 bridgehead atoms. The monoisotopic (exact) mass is 316 g/mol. The number of amides is 1. The van der Waals surface area contributed by atoms with Crippen LogP contribution in [0.1, 0.15) is 37.2 Å². The molecule has 2 N–H and O–H groups in total. The van der Waals surface area contributed by atoms with Crippen LogP contribution in [0.25, 0.3) is 10.9 Å². The maximum absolute atomic E-state index is 12.7. The van der Waals surface area contributed by atoms with Crippen molar-refractivity contribution in [3.05, 3.63) is 30.0 Å². The highest BCUT2D eigenvalue weighted by Gasteiger charge is 2.26. The van der Waals surface area contributed by atoms with Crippen molar-refractivity contribution in [3.63, 3.8) is 0 Å². The third-order valence-electron chi connectivity index (χ3n) is 4.64. The molecule has 1 fully saturated rings. The lowest BCUT2D eigenvalue weighted by atomic mass is 9.92. The van der Waals surface area contributed by atoms with E-state index in [2.05, 4.69) is 4.98 Å². The number of fused-ring (bicyclic) bond motifs is 1. The summed E-state index contributed by atoms with van der Waals surface area (Å²) in [6.45, 7) is 5.80. The Kier molecular flexibility index (Phi) is 4.57. The molecule has 1 unspecified atom stereocenters. The Morgan fingerprint density at radius 2 is 2.13 bits per heavy atom. The molecule has 0 spiro atoms. The van der Waals surface area contributed by atoms with Crippen molar-refractivity contribution in [2.24, 2.45) is 5.92 Å². The van der Waals surface area contributed by atoms with Gasteiger partial charge in [-0.2, -0.15) is 0 Å². The summed E-state index contributed by atoms with van der Waals surface area (Å²) >= 11 is 0. The molecule has 2 aromatic rings. The van der Waals surface area contributed by atoms with Gasteiger partial charge in [0.1, 0.15) is 11.4 Å². The minimum Gasteiger partial charge on any atom is -0.494 e. The topological polar surface area (TPSA) is 65.6 Å². The van der Waals surface area contributed by atoms with E-state index < -0.39 is 0 Å². The molecular formula is C18H24N2O3. The molecule has 1 aliphatic rings. The van der Waals surface area contributed by atoms with Gasteiger partial charge in [0.25, 0.3) is 5.91 Å². The summed E-state index contributed by atoms with van der Waals surface area (Å²) in [6.07, 6.45) is 1.42. The van der Waals surface area contributed by atoms with Gasteiger partial charge in [-0.15, -0.1) is 0 Å². The first-order chi connectivity index (χ1) is 11.1.